The summed E-state index contributed by atoms with van der Waals surface area (Å²) in [7, 11) is 2.01. The Balaban J connectivity index is 1.53. The van der Waals surface area contributed by atoms with Crippen LogP contribution in [0, 0.1) is 0 Å². The number of nitrogens with zero attached hydrogens (tertiary/aromatic N) is 4. The molecule has 1 N–H and O–H groups in total. The SMILES string of the molecule is Cn1ccnc1N1CCN(C[C@@H](O)c2ccc(Cl)cc2)CC1. The molecule has 6 heteroatoms. The molecule has 118 valence electrons. The highest BCUT2D eigenvalue weighted by atomic mass is 35.5. The molecule has 0 saturated carbocycles. The molecule has 2 aromatic rings. The van der Waals surface area contributed by atoms with Crippen molar-refractivity contribution in [3.8, 4) is 0 Å². The molecule has 0 amide bonds. The van der Waals surface area contributed by atoms with Crippen molar-refractivity contribution < 1.29 is 5.11 Å². The summed E-state index contributed by atoms with van der Waals surface area (Å²) in [5, 5.41) is 11.0. The Bertz CT molecular complexity index is 605. The van der Waals surface area contributed by atoms with Crippen molar-refractivity contribution in [2.45, 2.75) is 6.10 Å². The van der Waals surface area contributed by atoms with Gasteiger partial charge in [0, 0.05) is 57.2 Å². The maximum absolute atomic E-state index is 10.3. The third-order valence-electron chi connectivity index (χ3n) is 4.14. The highest BCUT2D eigenvalue weighted by Crippen LogP contribution is 2.19. The smallest absolute Gasteiger partial charge is 0.205 e. The second-order valence-corrected chi connectivity index (χ2v) is 6.13. The van der Waals surface area contributed by atoms with Gasteiger partial charge in [-0.3, -0.25) is 4.90 Å². The minimum Gasteiger partial charge on any atom is -0.387 e. The number of aliphatic hydroxyl groups excluding tert-OH is 1. The molecule has 22 heavy (non-hydrogen) atoms. The molecule has 1 aliphatic rings. The van der Waals surface area contributed by atoms with Gasteiger partial charge in [-0.2, -0.15) is 0 Å². The average Bonchev–Trinajstić information content (AvgIpc) is 2.95. The van der Waals surface area contributed by atoms with E-state index in [2.05, 4.69) is 14.8 Å². The Hall–Kier alpha value is -1.56. The largest absolute Gasteiger partial charge is 0.387 e. The molecule has 3 rings (SSSR count). The monoisotopic (exact) mass is 320 g/mol. The number of β-amino-alcohol motifs (C(OH)–C–C–N with tert-alkyl or cyclic N) is 1. The van der Waals surface area contributed by atoms with Crippen LogP contribution in [0.2, 0.25) is 5.02 Å². The van der Waals surface area contributed by atoms with Crippen LogP contribution in [0.3, 0.4) is 0 Å². The van der Waals surface area contributed by atoms with Gasteiger partial charge >= 0.3 is 0 Å². The van der Waals surface area contributed by atoms with Crippen LogP contribution < -0.4 is 4.90 Å². The number of imidazole rings is 1. The number of benzene rings is 1. The van der Waals surface area contributed by atoms with Crippen molar-refractivity contribution >= 4 is 17.5 Å². The van der Waals surface area contributed by atoms with Crippen LogP contribution in [0.25, 0.3) is 0 Å². The molecule has 1 atom stereocenters. The zero-order valence-corrected chi connectivity index (χ0v) is 13.4. The molecule has 1 aromatic heterocycles. The van der Waals surface area contributed by atoms with Gasteiger partial charge in [0.05, 0.1) is 6.10 Å². The Morgan fingerprint density at radius 1 is 1.18 bits per heavy atom. The van der Waals surface area contributed by atoms with Crippen molar-refractivity contribution in [3.63, 3.8) is 0 Å². The zero-order valence-electron chi connectivity index (χ0n) is 12.7. The van der Waals surface area contributed by atoms with E-state index in [0.717, 1.165) is 37.7 Å². The Labute approximate surface area is 135 Å². The molecular formula is C16H21ClN4O. The molecule has 0 radical (unpaired) electrons. The van der Waals surface area contributed by atoms with E-state index in [-0.39, 0.29) is 0 Å². The van der Waals surface area contributed by atoms with Gasteiger partial charge in [0.1, 0.15) is 0 Å². The molecule has 5 nitrogen and oxygen atoms in total. The van der Waals surface area contributed by atoms with Crippen LogP contribution in [-0.4, -0.2) is 52.3 Å². The lowest BCUT2D eigenvalue weighted by atomic mass is 10.1. The maximum atomic E-state index is 10.3. The normalized spacial score (nSPS) is 17.7. The van der Waals surface area contributed by atoms with Gasteiger partial charge in [-0.15, -0.1) is 0 Å². The number of aryl methyl sites for hydroxylation is 1. The quantitative estimate of drug-likeness (QED) is 0.935. The third kappa shape index (κ3) is 3.43. The minimum atomic E-state index is -0.475. The number of rotatable bonds is 4. The molecule has 1 fully saturated rings. The van der Waals surface area contributed by atoms with Gasteiger partial charge in [-0.1, -0.05) is 23.7 Å². The van der Waals surface area contributed by atoms with E-state index in [1.54, 1.807) is 0 Å². The number of anilines is 1. The van der Waals surface area contributed by atoms with E-state index in [1.807, 2.05) is 48.3 Å². The summed E-state index contributed by atoms with van der Waals surface area (Å²) in [6.45, 7) is 4.36. The average molecular weight is 321 g/mol. The van der Waals surface area contributed by atoms with Crippen LogP contribution >= 0.6 is 11.6 Å². The number of aliphatic hydroxyl groups is 1. The molecule has 0 bridgehead atoms. The van der Waals surface area contributed by atoms with E-state index < -0.39 is 6.10 Å². The summed E-state index contributed by atoms with van der Waals surface area (Å²) in [5.41, 5.74) is 0.913. The van der Waals surface area contributed by atoms with E-state index in [4.69, 9.17) is 11.6 Å². The second kappa shape index (κ2) is 6.69. The summed E-state index contributed by atoms with van der Waals surface area (Å²) < 4.78 is 2.04. The predicted molar refractivity (Wildman–Crippen MR) is 88.3 cm³/mol. The van der Waals surface area contributed by atoms with Gasteiger partial charge in [0.25, 0.3) is 0 Å². The lowest BCUT2D eigenvalue weighted by Crippen LogP contribution is -2.48. The summed E-state index contributed by atoms with van der Waals surface area (Å²) >= 11 is 5.88. The van der Waals surface area contributed by atoms with E-state index in [0.29, 0.717) is 11.6 Å². The van der Waals surface area contributed by atoms with Crippen LogP contribution in [0.15, 0.2) is 36.7 Å². The van der Waals surface area contributed by atoms with Crippen LogP contribution in [0.1, 0.15) is 11.7 Å². The third-order valence-corrected chi connectivity index (χ3v) is 4.39. The van der Waals surface area contributed by atoms with Crippen molar-refractivity contribution in [3.05, 3.63) is 47.2 Å². The fourth-order valence-electron chi connectivity index (χ4n) is 2.83. The second-order valence-electron chi connectivity index (χ2n) is 5.69. The first-order chi connectivity index (χ1) is 10.6. The zero-order chi connectivity index (χ0) is 15.5. The van der Waals surface area contributed by atoms with Crippen LogP contribution in [-0.2, 0) is 7.05 Å². The summed E-state index contributed by atoms with van der Waals surface area (Å²) in [4.78, 5) is 8.96. The van der Waals surface area contributed by atoms with Crippen molar-refractivity contribution in [1.82, 2.24) is 14.5 Å². The van der Waals surface area contributed by atoms with Crippen LogP contribution in [0.5, 0.6) is 0 Å². The maximum Gasteiger partial charge on any atom is 0.205 e. The fourth-order valence-corrected chi connectivity index (χ4v) is 2.95. The number of piperazine rings is 1. The highest BCUT2D eigenvalue weighted by molar-refractivity contribution is 6.30. The number of hydrogen-bond donors (Lipinski definition) is 1. The predicted octanol–water partition coefficient (Wildman–Crippen LogP) is 1.93. The topological polar surface area (TPSA) is 44.5 Å². The van der Waals surface area contributed by atoms with E-state index in [9.17, 15) is 5.11 Å². The summed E-state index contributed by atoms with van der Waals surface area (Å²) in [6, 6.07) is 7.41. The first-order valence-corrected chi connectivity index (χ1v) is 7.89. The molecule has 2 heterocycles. The Morgan fingerprint density at radius 2 is 1.86 bits per heavy atom. The van der Waals surface area contributed by atoms with Crippen molar-refractivity contribution in [2.24, 2.45) is 7.05 Å². The summed E-state index contributed by atoms with van der Waals surface area (Å²) in [6.07, 6.45) is 3.31. The fraction of sp³-hybridized carbons (Fsp3) is 0.438. The number of aromatic nitrogens is 2. The van der Waals surface area contributed by atoms with Gasteiger partial charge in [0.2, 0.25) is 5.95 Å². The first kappa shape index (κ1) is 15.3. The minimum absolute atomic E-state index is 0.475. The molecule has 1 aromatic carbocycles. The lowest BCUT2D eigenvalue weighted by molar-refractivity contribution is 0.109. The molecular weight excluding hydrogens is 300 g/mol. The number of halogens is 1. The molecule has 1 saturated heterocycles. The molecule has 0 spiro atoms. The standard InChI is InChI=1S/C16H21ClN4O/c1-19-7-6-18-16(19)21-10-8-20(9-11-21)12-15(22)13-2-4-14(17)5-3-13/h2-7,15,22H,8-12H2,1H3/t15-/m1/s1. The Kier molecular flexibility index (Phi) is 4.66. The van der Waals surface area contributed by atoms with E-state index in [1.165, 1.54) is 0 Å². The first-order valence-electron chi connectivity index (χ1n) is 7.51. The van der Waals surface area contributed by atoms with Gasteiger partial charge in [0.15, 0.2) is 0 Å². The van der Waals surface area contributed by atoms with Crippen molar-refractivity contribution in [1.29, 1.82) is 0 Å². The van der Waals surface area contributed by atoms with Gasteiger partial charge in [-0.25, -0.2) is 4.98 Å². The molecule has 0 unspecified atom stereocenters. The molecule has 0 aliphatic carbocycles. The van der Waals surface area contributed by atoms with Crippen LogP contribution in [0.4, 0.5) is 5.95 Å². The highest BCUT2D eigenvalue weighted by Gasteiger charge is 2.21. The van der Waals surface area contributed by atoms with Crippen molar-refractivity contribution in [2.75, 3.05) is 37.6 Å². The van der Waals surface area contributed by atoms with Gasteiger partial charge < -0.3 is 14.6 Å². The number of hydrogen-bond acceptors (Lipinski definition) is 4. The Morgan fingerprint density at radius 3 is 2.45 bits per heavy atom. The molecule has 1 aliphatic heterocycles. The van der Waals surface area contributed by atoms with Gasteiger partial charge in [-0.05, 0) is 17.7 Å². The van der Waals surface area contributed by atoms with E-state index >= 15 is 0 Å². The lowest BCUT2D eigenvalue weighted by Gasteiger charge is -2.36. The summed E-state index contributed by atoms with van der Waals surface area (Å²) in [5.74, 6) is 1.01.